The van der Waals surface area contributed by atoms with Gasteiger partial charge in [0.05, 0.1) is 0 Å². The van der Waals surface area contributed by atoms with E-state index in [2.05, 4.69) is 61.8 Å². The van der Waals surface area contributed by atoms with E-state index in [1.807, 2.05) is 5.57 Å². The minimum atomic E-state index is 0.551. The van der Waals surface area contributed by atoms with Crippen LogP contribution in [0.1, 0.15) is 122 Å². The Bertz CT molecular complexity index is 1210. The molecule has 0 spiro atoms. The van der Waals surface area contributed by atoms with Gasteiger partial charge in [0.15, 0.2) is 0 Å². The fraction of sp³-hybridized carbons (Fsp3) is 0.575. The lowest BCUT2D eigenvalue weighted by Crippen LogP contribution is -2.27. The van der Waals surface area contributed by atoms with Crippen molar-refractivity contribution in [3.8, 4) is 0 Å². The summed E-state index contributed by atoms with van der Waals surface area (Å²) < 4.78 is 0. The van der Waals surface area contributed by atoms with E-state index in [0.717, 1.165) is 11.8 Å². The van der Waals surface area contributed by atoms with Crippen LogP contribution in [-0.2, 0) is 0 Å². The molecule has 212 valence electrons. The van der Waals surface area contributed by atoms with Gasteiger partial charge in [0.1, 0.15) is 0 Å². The molecule has 4 saturated carbocycles. The first-order valence-electron chi connectivity index (χ1n) is 17.0. The Morgan fingerprint density at radius 2 is 1.80 bits per heavy atom. The summed E-state index contributed by atoms with van der Waals surface area (Å²) in [5.74, 6) is 3.06. The summed E-state index contributed by atoms with van der Waals surface area (Å²) >= 11 is 0. The average Bonchev–Trinajstić information content (AvgIpc) is 3.80. The van der Waals surface area contributed by atoms with Gasteiger partial charge in [0.25, 0.3) is 0 Å². The van der Waals surface area contributed by atoms with E-state index < -0.39 is 0 Å². The van der Waals surface area contributed by atoms with Gasteiger partial charge in [0, 0.05) is 11.5 Å². The van der Waals surface area contributed by atoms with Crippen LogP contribution in [0, 0.1) is 23.7 Å². The number of hydrogen-bond acceptors (Lipinski definition) is 0. The summed E-state index contributed by atoms with van der Waals surface area (Å²) in [4.78, 5) is 0. The van der Waals surface area contributed by atoms with E-state index in [9.17, 15) is 0 Å². The molecule has 6 rings (SSSR count). The van der Waals surface area contributed by atoms with Crippen molar-refractivity contribution in [2.75, 3.05) is 0 Å². The molecule has 0 aromatic carbocycles. The highest BCUT2D eigenvalue weighted by Crippen LogP contribution is 2.49. The van der Waals surface area contributed by atoms with Crippen molar-refractivity contribution in [1.29, 1.82) is 0 Å². The minimum Gasteiger partial charge on any atom is -0.116 e. The molecule has 0 aliphatic heterocycles. The van der Waals surface area contributed by atoms with Gasteiger partial charge >= 0.3 is 0 Å². The van der Waals surface area contributed by atoms with Crippen molar-refractivity contribution in [1.82, 2.24) is 0 Å². The Kier molecular flexibility index (Phi) is 9.14. The second kappa shape index (κ2) is 13.1. The van der Waals surface area contributed by atoms with Crippen LogP contribution in [0.4, 0.5) is 0 Å². The molecule has 1 unspecified atom stereocenters. The standard InChI is InChI=1S/C40H52/c1-3-36(33-15-9-6-10-16-33)34(23-22-30-20-21-30)25-32-26-35(27-32)38-17-11-12-18-39(37-24-19-29(37)2)40(38)28-31-13-7-4-5-8-14-31/h6,9,11-12,15,18,28,30,32,35,37H,2-5,7-8,10,13-14,16,19-27H2,1H3. The molecule has 0 N–H and O–H groups in total. The van der Waals surface area contributed by atoms with Gasteiger partial charge in [-0.2, -0.15) is 0 Å². The molecule has 1 atom stereocenters. The molecule has 0 aromatic rings. The lowest BCUT2D eigenvalue weighted by molar-refractivity contribution is 0.226. The minimum absolute atomic E-state index is 0.551. The van der Waals surface area contributed by atoms with Gasteiger partial charge in [-0.3, -0.25) is 0 Å². The molecule has 6 aliphatic carbocycles. The molecule has 0 aromatic heterocycles. The van der Waals surface area contributed by atoms with Crippen molar-refractivity contribution in [2.24, 2.45) is 23.7 Å². The lowest BCUT2D eigenvalue weighted by atomic mass is 9.65. The fourth-order valence-corrected chi connectivity index (χ4v) is 8.02. The zero-order valence-electron chi connectivity index (χ0n) is 25.3. The fourth-order valence-electron chi connectivity index (χ4n) is 8.02. The van der Waals surface area contributed by atoms with Crippen LogP contribution >= 0.6 is 0 Å². The molecule has 40 heavy (non-hydrogen) atoms. The SMILES string of the molecule is C=C1CCC1C1=C(C=C2CCCCCC2)C(C2CC(CC(CCC3CC3)=C(CC)C3=CC=CCC3)C2)=C=CC=C1. The molecule has 4 fully saturated rings. The highest BCUT2D eigenvalue weighted by Gasteiger charge is 2.36. The van der Waals surface area contributed by atoms with E-state index in [-0.39, 0.29) is 0 Å². The van der Waals surface area contributed by atoms with E-state index in [1.165, 1.54) is 132 Å². The average molecular weight is 533 g/mol. The topological polar surface area (TPSA) is 0 Å². The highest BCUT2D eigenvalue weighted by atomic mass is 14.4. The summed E-state index contributed by atoms with van der Waals surface area (Å²) in [6.07, 6.45) is 40.5. The molecule has 0 radical (unpaired) electrons. The van der Waals surface area contributed by atoms with Gasteiger partial charge in [-0.25, -0.2) is 0 Å². The maximum Gasteiger partial charge on any atom is 0.00547 e. The summed E-state index contributed by atoms with van der Waals surface area (Å²) in [6.45, 7) is 6.85. The van der Waals surface area contributed by atoms with Gasteiger partial charge in [-0.1, -0.05) is 92.4 Å². The van der Waals surface area contributed by atoms with E-state index in [1.54, 1.807) is 22.3 Å². The Morgan fingerprint density at radius 3 is 2.45 bits per heavy atom. The monoisotopic (exact) mass is 532 g/mol. The summed E-state index contributed by atoms with van der Waals surface area (Å²) in [7, 11) is 0. The predicted molar refractivity (Wildman–Crippen MR) is 172 cm³/mol. The Hall–Kier alpha value is -2.30. The molecule has 0 amide bonds. The van der Waals surface area contributed by atoms with Crippen molar-refractivity contribution in [2.45, 2.75) is 122 Å². The van der Waals surface area contributed by atoms with E-state index in [0.29, 0.717) is 11.8 Å². The predicted octanol–water partition coefficient (Wildman–Crippen LogP) is 11.8. The third-order valence-electron chi connectivity index (χ3n) is 10.8. The molecule has 6 aliphatic rings. The van der Waals surface area contributed by atoms with Crippen molar-refractivity contribution < 1.29 is 0 Å². The summed E-state index contributed by atoms with van der Waals surface area (Å²) in [5, 5.41) is 0. The van der Waals surface area contributed by atoms with Crippen LogP contribution in [0.2, 0.25) is 0 Å². The number of rotatable bonds is 10. The van der Waals surface area contributed by atoms with Crippen LogP contribution in [0.25, 0.3) is 0 Å². The molecular weight excluding hydrogens is 480 g/mol. The van der Waals surface area contributed by atoms with E-state index >= 15 is 0 Å². The molecule has 0 nitrogen and oxygen atoms in total. The van der Waals surface area contributed by atoms with Crippen LogP contribution in [0.5, 0.6) is 0 Å². The quantitative estimate of drug-likeness (QED) is 0.149. The van der Waals surface area contributed by atoms with Gasteiger partial charge in [-0.15, -0.1) is 5.73 Å². The van der Waals surface area contributed by atoms with Crippen LogP contribution in [0.3, 0.4) is 0 Å². The molecular formula is C40H52. The van der Waals surface area contributed by atoms with Crippen LogP contribution in [0.15, 0.2) is 99.4 Å². The maximum atomic E-state index is 4.45. The molecule has 0 heterocycles. The lowest BCUT2D eigenvalue weighted by Gasteiger charge is -2.39. The van der Waals surface area contributed by atoms with Crippen molar-refractivity contribution in [3.63, 3.8) is 0 Å². The first kappa shape index (κ1) is 27.8. The first-order chi connectivity index (χ1) is 19.7. The van der Waals surface area contributed by atoms with Gasteiger partial charge in [-0.05, 0) is 136 Å². The zero-order chi connectivity index (χ0) is 27.3. The highest BCUT2D eigenvalue weighted by molar-refractivity contribution is 5.55. The van der Waals surface area contributed by atoms with Crippen LogP contribution < -0.4 is 0 Å². The molecule has 0 bridgehead atoms. The van der Waals surface area contributed by atoms with E-state index in [4.69, 9.17) is 0 Å². The zero-order valence-corrected chi connectivity index (χ0v) is 25.3. The Balaban J connectivity index is 1.22. The first-order valence-corrected chi connectivity index (χ1v) is 17.0. The Labute approximate surface area is 245 Å². The number of allylic oxidation sites excluding steroid dienone is 14. The Morgan fingerprint density at radius 1 is 0.975 bits per heavy atom. The van der Waals surface area contributed by atoms with Crippen LogP contribution in [-0.4, -0.2) is 0 Å². The third-order valence-corrected chi connectivity index (χ3v) is 10.8. The largest absolute Gasteiger partial charge is 0.116 e. The molecule has 0 heteroatoms. The van der Waals surface area contributed by atoms with Crippen molar-refractivity contribution in [3.05, 3.63) is 99.4 Å². The smallest absolute Gasteiger partial charge is 0.00547 e. The van der Waals surface area contributed by atoms with Gasteiger partial charge < -0.3 is 0 Å². The normalized spacial score (nSPS) is 29.2. The summed E-state index contributed by atoms with van der Waals surface area (Å²) in [5.41, 5.74) is 16.7. The third kappa shape index (κ3) is 6.60. The second-order valence-corrected chi connectivity index (χ2v) is 13.7. The summed E-state index contributed by atoms with van der Waals surface area (Å²) in [6, 6.07) is 0. The maximum absolute atomic E-state index is 4.45. The number of hydrogen-bond donors (Lipinski definition) is 0. The van der Waals surface area contributed by atoms with Gasteiger partial charge in [0.2, 0.25) is 0 Å². The molecule has 0 saturated heterocycles. The second-order valence-electron chi connectivity index (χ2n) is 13.7. The van der Waals surface area contributed by atoms with Crippen molar-refractivity contribution >= 4 is 0 Å².